The van der Waals surface area contributed by atoms with Crippen LogP contribution in [0.2, 0.25) is 0 Å². The fourth-order valence-electron chi connectivity index (χ4n) is 2.17. The van der Waals surface area contributed by atoms with Gasteiger partial charge in [-0.1, -0.05) is 12.1 Å². The zero-order valence-electron chi connectivity index (χ0n) is 10.7. The highest BCUT2D eigenvalue weighted by molar-refractivity contribution is 5.05. The molecule has 1 aliphatic carbocycles. The maximum absolute atomic E-state index is 13.3. The molecule has 2 unspecified atom stereocenters. The minimum atomic E-state index is -2.62. The fraction of sp³-hybridized carbons (Fsp3) is 0.833. The second-order valence-electron chi connectivity index (χ2n) is 5.38. The van der Waals surface area contributed by atoms with E-state index in [2.05, 4.69) is 10.1 Å². The maximum atomic E-state index is 13.3. The zero-order valence-corrected chi connectivity index (χ0v) is 10.7. The van der Waals surface area contributed by atoms with Crippen molar-refractivity contribution in [1.82, 2.24) is 10.1 Å². The molecule has 0 amide bonds. The Morgan fingerprint density at radius 1 is 1.56 bits per heavy atom. The van der Waals surface area contributed by atoms with Crippen molar-refractivity contribution in [3.63, 3.8) is 0 Å². The van der Waals surface area contributed by atoms with E-state index in [1.165, 1.54) is 0 Å². The standard InChI is InChI=1S/C12H19F2N3O/c1-3-11(2,15)10-16-9(18-17-10)8-5-4-6-12(13,14)7-8/h8H,3-7,15H2,1-2H3. The average Bonchev–Trinajstić information content (AvgIpc) is 2.77. The van der Waals surface area contributed by atoms with Gasteiger partial charge in [0.15, 0.2) is 5.82 Å². The Balaban J connectivity index is 2.15. The molecule has 18 heavy (non-hydrogen) atoms. The summed E-state index contributed by atoms with van der Waals surface area (Å²) in [5, 5.41) is 3.83. The minimum absolute atomic E-state index is 0.0476. The van der Waals surface area contributed by atoms with Gasteiger partial charge < -0.3 is 10.3 Å². The van der Waals surface area contributed by atoms with E-state index in [0.717, 1.165) is 0 Å². The van der Waals surface area contributed by atoms with Gasteiger partial charge in [-0.05, 0) is 26.2 Å². The molecule has 1 aromatic rings. The SMILES string of the molecule is CCC(C)(N)c1noc(C2CCCC(F)(F)C2)n1. The molecule has 1 heterocycles. The first-order valence-corrected chi connectivity index (χ1v) is 6.35. The highest BCUT2D eigenvalue weighted by atomic mass is 19.3. The predicted octanol–water partition coefficient (Wildman–Crippen LogP) is 2.95. The molecule has 6 heteroatoms. The lowest BCUT2D eigenvalue weighted by molar-refractivity contribution is -0.0440. The lowest BCUT2D eigenvalue weighted by Crippen LogP contribution is -2.33. The van der Waals surface area contributed by atoms with E-state index in [1.54, 1.807) is 6.92 Å². The Morgan fingerprint density at radius 3 is 2.89 bits per heavy atom. The summed E-state index contributed by atoms with van der Waals surface area (Å²) in [5.74, 6) is -2.26. The summed E-state index contributed by atoms with van der Waals surface area (Å²) in [6, 6.07) is 0. The summed E-state index contributed by atoms with van der Waals surface area (Å²) in [6.45, 7) is 3.72. The maximum Gasteiger partial charge on any atom is 0.248 e. The summed E-state index contributed by atoms with van der Waals surface area (Å²) in [7, 11) is 0. The monoisotopic (exact) mass is 259 g/mol. The Morgan fingerprint density at radius 2 is 2.28 bits per heavy atom. The number of hydrogen-bond donors (Lipinski definition) is 1. The van der Waals surface area contributed by atoms with Crippen molar-refractivity contribution in [3.05, 3.63) is 11.7 Å². The van der Waals surface area contributed by atoms with Crippen LogP contribution in [0, 0.1) is 0 Å². The van der Waals surface area contributed by atoms with Gasteiger partial charge in [0.05, 0.1) is 5.54 Å². The van der Waals surface area contributed by atoms with Crippen molar-refractivity contribution in [1.29, 1.82) is 0 Å². The molecule has 0 saturated heterocycles. The Labute approximate surface area is 105 Å². The van der Waals surface area contributed by atoms with Gasteiger partial charge in [-0.2, -0.15) is 4.98 Å². The van der Waals surface area contributed by atoms with E-state index in [-0.39, 0.29) is 18.8 Å². The van der Waals surface area contributed by atoms with Gasteiger partial charge in [0, 0.05) is 18.8 Å². The molecule has 4 nitrogen and oxygen atoms in total. The summed E-state index contributed by atoms with van der Waals surface area (Å²) < 4.78 is 31.8. The van der Waals surface area contributed by atoms with Crippen LogP contribution in [-0.2, 0) is 5.54 Å². The van der Waals surface area contributed by atoms with Crippen molar-refractivity contribution in [2.24, 2.45) is 5.73 Å². The average molecular weight is 259 g/mol. The molecule has 0 spiro atoms. The Bertz CT molecular complexity index is 417. The number of rotatable bonds is 3. The summed E-state index contributed by atoms with van der Waals surface area (Å²) in [6.07, 6.45) is 1.57. The van der Waals surface area contributed by atoms with Gasteiger partial charge in [-0.15, -0.1) is 0 Å². The molecule has 2 N–H and O–H groups in total. The van der Waals surface area contributed by atoms with Crippen molar-refractivity contribution in [2.75, 3.05) is 0 Å². The number of aromatic nitrogens is 2. The van der Waals surface area contributed by atoms with Crippen molar-refractivity contribution in [2.45, 2.75) is 63.3 Å². The van der Waals surface area contributed by atoms with Crippen LogP contribution in [0.3, 0.4) is 0 Å². The van der Waals surface area contributed by atoms with Gasteiger partial charge in [0.2, 0.25) is 11.8 Å². The zero-order chi connectivity index (χ0) is 13.4. The molecule has 102 valence electrons. The molecule has 1 aliphatic rings. The summed E-state index contributed by atoms with van der Waals surface area (Å²) >= 11 is 0. The topological polar surface area (TPSA) is 64.9 Å². The third-order valence-electron chi connectivity index (χ3n) is 3.68. The third kappa shape index (κ3) is 2.68. The highest BCUT2D eigenvalue weighted by Crippen LogP contribution is 2.41. The summed E-state index contributed by atoms with van der Waals surface area (Å²) in [5.41, 5.74) is 5.33. The Kier molecular flexibility index (Phi) is 3.40. The largest absolute Gasteiger partial charge is 0.339 e. The fourth-order valence-corrected chi connectivity index (χ4v) is 2.17. The minimum Gasteiger partial charge on any atom is -0.339 e. The Hall–Kier alpha value is -1.04. The van der Waals surface area contributed by atoms with E-state index >= 15 is 0 Å². The number of nitrogens with zero attached hydrogens (tertiary/aromatic N) is 2. The van der Waals surface area contributed by atoms with Crippen molar-refractivity contribution < 1.29 is 13.3 Å². The second-order valence-corrected chi connectivity index (χ2v) is 5.38. The predicted molar refractivity (Wildman–Crippen MR) is 62.3 cm³/mol. The number of alkyl halides is 2. The van der Waals surface area contributed by atoms with Crippen molar-refractivity contribution in [3.8, 4) is 0 Å². The van der Waals surface area contributed by atoms with E-state index in [4.69, 9.17) is 10.3 Å². The summed E-state index contributed by atoms with van der Waals surface area (Å²) in [4.78, 5) is 4.21. The van der Waals surface area contributed by atoms with E-state index < -0.39 is 11.5 Å². The van der Waals surface area contributed by atoms with Crippen LogP contribution in [0.5, 0.6) is 0 Å². The molecule has 2 atom stereocenters. The second kappa shape index (κ2) is 4.57. The molecule has 0 radical (unpaired) electrons. The van der Waals surface area contributed by atoms with Gasteiger partial charge in [-0.3, -0.25) is 0 Å². The molecule has 0 bridgehead atoms. The lowest BCUT2D eigenvalue weighted by atomic mass is 9.86. The van der Waals surface area contributed by atoms with Crippen LogP contribution in [0.1, 0.15) is 63.6 Å². The highest BCUT2D eigenvalue weighted by Gasteiger charge is 2.39. The number of nitrogens with two attached hydrogens (primary N) is 1. The van der Waals surface area contributed by atoms with Crippen LogP contribution in [0.15, 0.2) is 4.52 Å². The third-order valence-corrected chi connectivity index (χ3v) is 3.68. The van der Waals surface area contributed by atoms with Crippen LogP contribution in [0.4, 0.5) is 8.78 Å². The normalized spacial score (nSPS) is 26.8. The van der Waals surface area contributed by atoms with Crippen LogP contribution in [0.25, 0.3) is 0 Å². The number of halogens is 2. The molecule has 1 aromatic heterocycles. The smallest absolute Gasteiger partial charge is 0.248 e. The van der Waals surface area contributed by atoms with Crippen LogP contribution < -0.4 is 5.73 Å². The quantitative estimate of drug-likeness (QED) is 0.906. The van der Waals surface area contributed by atoms with Crippen molar-refractivity contribution >= 4 is 0 Å². The number of hydrogen-bond acceptors (Lipinski definition) is 4. The van der Waals surface area contributed by atoms with E-state index in [1.807, 2.05) is 6.92 Å². The molecule has 0 aliphatic heterocycles. The van der Waals surface area contributed by atoms with Crippen LogP contribution >= 0.6 is 0 Å². The first-order valence-electron chi connectivity index (χ1n) is 6.35. The lowest BCUT2D eigenvalue weighted by Gasteiger charge is -2.26. The van der Waals surface area contributed by atoms with Gasteiger partial charge >= 0.3 is 0 Å². The van der Waals surface area contributed by atoms with E-state index in [9.17, 15) is 8.78 Å². The molecular formula is C12H19F2N3O. The molecule has 2 rings (SSSR count). The van der Waals surface area contributed by atoms with Gasteiger partial charge in [-0.25, -0.2) is 8.78 Å². The first-order chi connectivity index (χ1) is 8.34. The molecule has 1 saturated carbocycles. The molecule has 1 fully saturated rings. The molecular weight excluding hydrogens is 240 g/mol. The van der Waals surface area contributed by atoms with Gasteiger partial charge in [0.25, 0.3) is 0 Å². The van der Waals surface area contributed by atoms with Gasteiger partial charge in [0.1, 0.15) is 0 Å². The first kappa shape index (κ1) is 13.4. The molecule has 0 aromatic carbocycles. The van der Waals surface area contributed by atoms with E-state index in [0.29, 0.717) is 31.0 Å². The van der Waals surface area contributed by atoms with Crippen LogP contribution in [-0.4, -0.2) is 16.1 Å².